The molecular weight excluding hydrogens is 334 g/mol. The second-order valence-electron chi connectivity index (χ2n) is 7.37. The third-order valence-electron chi connectivity index (χ3n) is 5.36. The van der Waals surface area contributed by atoms with Gasteiger partial charge in [-0.1, -0.05) is 60.7 Å². The van der Waals surface area contributed by atoms with Crippen molar-refractivity contribution in [1.82, 2.24) is 15.1 Å². The zero-order valence-corrected chi connectivity index (χ0v) is 16.3. The number of nitrogens with zero attached hydrogens (tertiary/aromatic N) is 2. The minimum absolute atomic E-state index is 0.0635. The van der Waals surface area contributed by atoms with Crippen LogP contribution in [-0.2, 0) is 11.2 Å². The summed E-state index contributed by atoms with van der Waals surface area (Å²) in [4.78, 5) is 17.2. The van der Waals surface area contributed by atoms with Gasteiger partial charge in [-0.2, -0.15) is 0 Å². The van der Waals surface area contributed by atoms with Gasteiger partial charge in [-0.15, -0.1) is 0 Å². The van der Waals surface area contributed by atoms with Gasteiger partial charge in [0.2, 0.25) is 5.91 Å². The molecule has 1 saturated heterocycles. The maximum absolute atomic E-state index is 12.2. The van der Waals surface area contributed by atoms with Crippen LogP contribution < -0.4 is 5.32 Å². The van der Waals surface area contributed by atoms with Crippen molar-refractivity contribution in [3.05, 3.63) is 71.8 Å². The van der Waals surface area contributed by atoms with Crippen molar-refractivity contribution in [3.63, 3.8) is 0 Å². The van der Waals surface area contributed by atoms with E-state index in [0.717, 1.165) is 51.3 Å². The zero-order valence-electron chi connectivity index (χ0n) is 16.3. The number of rotatable bonds is 8. The van der Waals surface area contributed by atoms with Gasteiger partial charge < -0.3 is 15.1 Å². The van der Waals surface area contributed by atoms with E-state index >= 15 is 0 Å². The Kier molecular flexibility index (Phi) is 7.43. The molecule has 2 aromatic carbocycles. The van der Waals surface area contributed by atoms with Gasteiger partial charge in [0.15, 0.2) is 0 Å². The third kappa shape index (κ3) is 6.49. The Morgan fingerprint density at radius 2 is 1.44 bits per heavy atom. The molecule has 27 heavy (non-hydrogen) atoms. The molecule has 144 valence electrons. The summed E-state index contributed by atoms with van der Waals surface area (Å²) < 4.78 is 0. The first kappa shape index (κ1) is 19.6. The summed E-state index contributed by atoms with van der Waals surface area (Å²) in [6.07, 6.45) is 1.68. The van der Waals surface area contributed by atoms with E-state index in [1.165, 1.54) is 5.56 Å². The Balaban J connectivity index is 1.31. The van der Waals surface area contributed by atoms with Crippen LogP contribution in [0.15, 0.2) is 60.7 Å². The van der Waals surface area contributed by atoms with E-state index in [4.69, 9.17) is 0 Å². The van der Waals surface area contributed by atoms with Gasteiger partial charge in [-0.05, 0) is 24.5 Å². The molecule has 1 unspecified atom stereocenters. The summed E-state index contributed by atoms with van der Waals surface area (Å²) in [5.74, 6) is 0.137. The van der Waals surface area contributed by atoms with Gasteiger partial charge in [0.25, 0.3) is 0 Å². The summed E-state index contributed by atoms with van der Waals surface area (Å²) in [7, 11) is 0. The summed E-state index contributed by atoms with van der Waals surface area (Å²) in [6, 6.07) is 20.9. The number of nitrogens with one attached hydrogen (secondary N) is 1. The van der Waals surface area contributed by atoms with Crippen molar-refractivity contribution < 1.29 is 4.79 Å². The quantitative estimate of drug-likeness (QED) is 0.781. The highest BCUT2D eigenvalue weighted by Gasteiger charge is 2.17. The second-order valence-corrected chi connectivity index (χ2v) is 7.37. The van der Waals surface area contributed by atoms with Gasteiger partial charge >= 0.3 is 0 Å². The van der Waals surface area contributed by atoms with E-state index in [2.05, 4.69) is 57.6 Å². The van der Waals surface area contributed by atoms with Crippen LogP contribution in [0.5, 0.6) is 0 Å². The lowest BCUT2D eigenvalue weighted by Gasteiger charge is -2.34. The number of benzene rings is 2. The fraction of sp³-hybridized carbons (Fsp3) is 0.435. The average molecular weight is 366 g/mol. The Morgan fingerprint density at radius 1 is 0.889 bits per heavy atom. The first-order valence-electron chi connectivity index (χ1n) is 10.0. The maximum Gasteiger partial charge on any atom is 0.221 e. The molecule has 4 nitrogen and oxygen atoms in total. The van der Waals surface area contributed by atoms with Crippen LogP contribution in [-0.4, -0.2) is 55.0 Å². The first-order valence-corrected chi connectivity index (χ1v) is 10.0. The Bertz CT molecular complexity index is 681. The normalized spacial score (nSPS) is 16.8. The fourth-order valence-electron chi connectivity index (χ4n) is 3.57. The molecule has 1 atom stereocenters. The lowest BCUT2D eigenvalue weighted by atomic mass is 10.1. The number of carbonyl (C=O) groups excluding carboxylic acids is 1. The summed E-state index contributed by atoms with van der Waals surface area (Å²) in [6.45, 7) is 8.29. The Labute approximate surface area is 163 Å². The van der Waals surface area contributed by atoms with Gasteiger partial charge in [-0.25, -0.2) is 0 Å². The maximum atomic E-state index is 12.2. The number of carbonyl (C=O) groups is 1. The lowest BCUT2D eigenvalue weighted by molar-refractivity contribution is -0.122. The summed E-state index contributed by atoms with van der Waals surface area (Å²) in [5, 5.41) is 3.11. The average Bonchev–Trinajstić information content (AvgIpc) is 2.73. The van der Waals surface area contributed by atoms with Crippen LogP contribution in [0, 0.1) is 0 Å². The Hall–Kier alpha value is -2.17. The van der Waals surface area contributed by atoms with Crippen molar-refractivity contribution in [1.29, 1.82) is 0 Å². The Morgan fingerprint density at radius 3 is 2.07 bits per heavy atom. The molecule has 1 aliphatic rings. The number of hydrogen-bond acceptors (Lipinski definition) is 3. The molecule has 1 fully saturated rings. The predicted molar refractivity (Wildman–Crippen MR) is 111 cm³/mol. The van der Waals surface area contributed by atoms with Crippen LogP contribution in [0.3, 0.4) is 0 Å². The summed E-state index contributed by atoms with van der Waals surface area (Å²) >= 11 is 0. The number of amides is 1. The molecule has 1 aliphatic heterocycles. The minimum Gasteiger partial charge on any atom is -0.350 e. The minimum atomic E-state index is 0.0635. The van der Waals surface area contributed by atoms with E-state index in [1.807, 2.05) is 25.1 Å². The van der Waals surface area contributed by atoms with Crippen molar-refractivity contribution in [2.75, 3.05) is 39.3 Å². The molecular formula is C23H31N3O. The van der Waals surface area contributed by atoms with Crippen molar-refractivity contribution in [2.24, 2.45) is 0 Å². The van der Waals surface area contributed by atoms with Crippen LogP contribution in [0.2, 0.25) is 0 Å². The molecule has 1 heterocycles. The largest absolute Gasteiger partial charge is 0.350 e. The SMILES string of the molecule is CC(NC(=O)CCN1CCN(CCc2ccccc2)CC1)c1ccccc1. The molecule has 0 saturated carbocycles. The highest BCUT2D eigenvalue weighted by molar-refractivity contribution is 5.76. The molecule has 0 bridgehead atoms. The van der Waals surface area contributed by atoms with E-state index in [0.29, 0.717) is 6.42 Å². The van der Waals surface area contributed by atoms with Crippen LogP contribution in [0.25, 0.3) is 0 Å². The molecule has 1 N–H and O–H groups in total. The molecule has 2 aromatic rings. The monoisotopic (exact) mass is 365 g/mol. The molecule has 0 aromatic heterocycles. The summed E-state index contributed by atoms with van der Waals surface area (Å²) in [5.41, 5.74) is 2.56. The highest BCUT2D eigenvalue weighted by atomic mass is 16.1. The fourth-order valence-corrected chi connectivity index (χ4v) is 3.57. The van der Waals surface area contributed by atoms with Gasteiger partial charge in [0.1, 0.15) is 0 Å². The molecule has 1 amide bonds. The molecule has 4 heteroatoms. The topological polar surface area (TPSA) is 35.6 Å². The van der Waals surface area contributed by atoms with E-state index < -0.39 is 0 Å². The number of piperazine rings is 1. The van der Waals surface area contributed by atoms with Gasteiger partial charge in [0, 0.05) is 45.7 Å². The first-order chi connectivity index (χ1) is 13.2. The van der Waals surface area contributed by atoms with Crippen molar-refractivity contribution >= 4 is 5.91 Å². The highest BCUT2D eigenvalue weighted by Crippen LogP contribution is 2.11. The van der Waals surface area contributed by atoms with Crippen LogP contribution >= 0.6 is 0 Å². The third-order valence-corrected chi connectivity index (χ3v) is 5.36. The smallest absolute Gasteiger partial charge is 0.221 e. The van der Waals surface area contributed by atoms with Gasteiger partial charge in [-0.3, -0.25) is 4.79 Å². The van der Waals surface area contributed by atoms with Crippen molar-refractivity contribution in [3.8, 4) is 0 Å². The van der Waals surface area contributed by atoms with E-state index in [-0.39, 0.29) is 11.9 Å². The van der Waals surface area contributed by atoms with E-state index in [1.54, 1.807) is 0 Å². The molecule has 0 spiro atoms. The zero-order chi connectivity index (χ0) is 18.9. The van der Waals surface area contributed by atoms with E-state index in [9.17, 15) is 4.79 Å². The predicted octanol–water partition coefficient (Wildman–Crippen LogP) is 3.11. The van der Waals surface area contributed by atoms with Crippen LogP contribution in [0.1, 0.15) is 30.5 Å². The van der Waals surface area contributed by atoms with Gasteiger partial charge in [0.05, 0.1) is 6.04 Å². The molecule has 0 radical (unpaired) electrons. The molecule has 3 rings (SSSR count). The lowest BCUT2D eigenvalue weighted by Crippen LogP contribution is -2.47. The number of hydrogen-bond donors (Lipinski definition) is 1. The molecule has 0 aliphatic carbocycles. The standard InChI is InChI=1S/C23H31N3O/c1-20(22-10-6-3-7-11-22)24-23(27)13-15-26-18-16-25(17-19-26)14-12-21-8-4-2-5-9-21/h2-11,20H,12-19H2,1H3,(H,24,27). The second kappa shape index (κ2) is 10.2. The van der Waals surface area contributed by atoms with Crippen LogP contribution in [0.4, 0.5) is 0 Å². The van der Waals surface area contributed by atoms with Crippen molar-refractivity contribution in [2.45, 2.75) is 25.8 Å².